The minimum absolute atomic E-state index is 0.233. The van der Waals surface area contributed by atoms with Gasteiger partial charge in [-0.15, -0.1) is 0 Å². The summed E-state index contributed by atoms with van der Waals surface area (Å²) in [6, 6.07) is 0.670. The average molecular weight is 215 g/mol. The summed E-state index contributed by atoms with van der Waals surface area (Å²) in [5.74, 6) is 0. The summed E-state index contributed by atoms with van der Waals surface area (Å²) < 4.78 is 5.12. The van der Waals surface area contributed by atoms with Crippen molar-refractivity contribution in [3.8, 4) is 0 Å². The maximum absolute atomic E-state index is 9.47. The van der Waals surface area contributed by atoms with E-state index in [2.05, 4.69) is 4.90 Å². The predicted octanol–water partition coefficient (Wildman–Crippen LogP) is 1.65. The van der Waals surface area contributed by atoms with Crippen molar-refractivity contribution in [1.82, 2.24) is 4.90 Å². The van der Waals surface area contributed by atoms with Gasteiger partial charge in [0, 0.05) is 26.2 Å². The predicted molar refractivity (Wildman–Crippen MR) is 62.0 cm³/mol. The molecule has 1 rings (SSSR count). The molecule has 0 heterocycles. The van der Waals surface area contributed by atoms with Crippen molar-refractivity contribution in [1.29, 1.82) is 0 Å². The van der Waals surface area contributed by atoms with Crippen LogP contribution < -0.4 is 0 Å². The topological polar surface area (TPSA) is 32.7 Å². The molecule has 1 N–H and O–H groups in total. The van der Waals surface area contributed by atoms with E-state index < -0.39 is 0 Å². The molecule has 1 unspecified atom stereocenters. The maximum atomic E-state index is 9.47. The quantitative estimate of drug-likeness (QED) is 0.731. The summed E-state index contributed by atoms with van der Waals surface area (Å²) in [4.78, 5) is 2.40. The largest absolute Gasteiger partial charge is 0.392 e. The van der Waals surface area contributed by atoms with Gasteiger partial charge >= 0.3 is 0 Å². The molecule has 1 fully saturated rings. The standard InChI is InChI=1S/C12H25NO2/c1-11(14)10-13(8-9-15-2)12-6-4-3-5-7-12/h11-12,14H,3-10H2,1-2H3. The molecule has 0 spiro atoms. The molecule has 0 aliphatic heterocycles. The van der Waals surface area contributed by atoms with Gasteiger partial charge < -0.3 is 9.84 Å². The highest BCUT2D eigenvalue weighted by molar-refractivity contribution is 4.76. The molecule has 1 aliphatic carbocycles. The van der Waals surface area contributed by atoms with E-state index in [9.17, 15) is 5.11 Å². The highest BCUT2D eigenvalue weighted by atomic mass is 16.5. The Kier molecular flexibility index (Phi) is 6.22. The second-order valence-corrected chi connectivity index (χ2v) is 4.63. The first kappa shape index (κ1) is 12.9. The normalized spacial score (nSPS) is 20.8. The molecule has 15 heavy (non-hydrogen) atoms. The molecule has 90 valence electrons. The van der Waals surface area contributed by atoms with Crippen molar-refractivity contribution < 1.29 is 9.84 Å². The van der Waals surface area contributed by atoms with Crippen LogP contribution in [0.15, 0.2) is 0 Å². The third-order valence-electron chi connectivity index (χ3n) is 3.17. The Morgan fingerprint density at radius 1 is 1.33 bits per heavy atom. The molecule has 0 saturated heterocycles. The molecule has 1 saturated carbocycles. The number of nitrogens with zero attached hydrogens (tertiary/aromatic N) is 1. The molecule has 3 nitrogen and oxygen atoms in total. The van der Waals surface area contributed by atoms with E-state index in [-0.39, 0.29) is 6.10 Å². The molecule has 0 bridgehead atoms. The fraction of sp³-hybridized carbons (Fsp3) is 1.00. The van der Waals surface area contributed by atoms with Crippen molar-refractivity contribution >= 4 is 0 Å². The molecular formula is C12H25NO2. The van der Waals surface area contributed by atoms with Crippen LogP contribution in [0, 0.1) is 0 Å². The summed E-state index contributed by atoms with van der Waals surface area (Å²) in [5, 5.41) is 9.47. The van der Waals surface area contributed by atoms with E-state index in [1.165, 1.54) is 32.1 Å². The van der Waals surface area contributed by atoms with Crippen LogP contribution in [0.1, 0.15) is 39.0 Å². The zero-order chi connectivity index (χ0) is 11.1. The smallest absolute Gasteiger partial charge is 0.0639 e. The van der Waals surface area contributed by atoms with Crippen LogP contribution in [0.2, 0.25) is 0 Å². The van der Waals surface area contributed by atoms with Crippen LogP contribution in [-0.2, 0) is 4.74 Å². The van der Waals surface area contributed by atoms with E-state index in [1.807, 2.05) is 6.92 Å². The molecule has 0 aromatic rings. The van der Waals surface area contributed by atoms with Gasteiger partial charge in [0.2, 0.25) is 0 Å². The zero-order valence-electron chi connectivity index (χ0n) is 10.1. The Morgan fingerprint density at radius 2 is 2.00 bits per heavy atom. The first-order chi connectivity index (χ1) is 7.24. The van der Waals surface area contributed by atoms with Gasteiger partial charge in [-0.3, -0.25) is 4.90 Å². The molecule has 0 radical (unpaired) electrons. The fourth-order valence-electron chi connectivity index (χ4n) is 2.42. The van der Waals surface area contributed by atoms with Crippen molar-refractivity contribution in [2.75, 3.05) is 26.8 Å². The second kappa shape index (κ2) is 7.20. The lowest BCUT2D eigenvalue weighted by Gasteiger charge is -2.34. The zero-order valence-corrected chi connectivity index (χ0v) is 10.1. The van der Waals surface area contributed by atoms with Crippen LogP contribution in [0.5, 0.6) is 0 Å². The highest BCUT2D eigenvalue weighted by Gasteiger charge is 2.21. The van der Waals surface area contributed by atoms with Gasteiger partial charge in [0.05, 0.1) is 12.7 Å². The van der Waals surface area contributed by atoms with Crippen LogP contribution in [0.3, 0.4) is 0 Å². The van der Waals surface area contributed by atoms with E-state index in [0.29, 0.717) is 6.04 Å². The lowest BCUT2D eigenvalue weighted by Crippen LogP contribution is -2.42. The van der Waals surface area contributed by atoms with Gasteiger partial charge in [-0.25, -0.2) is 0 Å². The number of ether oxygens (including phenoxy) is 1. The first-order valence-electron chi connectivity index (χ1n) is 6.15. The first-order valence-corrected chi connectivity index (χ1v) is 6.15. The molecule has 0 aromatic carbocycles. The number of hydrogen-bond acceptors (Lipinski definition) is 3. The van der Waals surface area contributed by atoms with Crippen LogP contribution >= 0.6 is 0 Å². The van der Waals surface area contributed by atoms with E-state index in [0.717, 1.165) is 19.7 Å². The summed E-state index contributed by atoms with van der Waals surface area (Å²) in [6.45, 7) is 4.37. The minimum Gasteiger partial charge on any atom is -0.392 e. The molecule has 1 aliphatic rings. The maximum Gasteiger partial charge on any atom is 0.0639 e. The van der Waals surface area contributed by atoms with Crippen molar-refractivity contribution in [3.05, 3.63) is 0 Å². The molecule has 0 aromatic heterocycles. The third kappa shape index (κ3) is 4.96. The van der Waals surface area contributed by atoms with Gasteiger partial charge in [0.25, 0.3) is 0 Å². The summed E-state index contributed by atoms with van der Waals surface area (Å²) in [7, 11) is 1.74. The van der Waals surface area contributed by atoms with E-state index in [4.69, 9.17) is 4.74 Å². The monoisotopic (exact) mass is 215 g/mol. The van der Waals surface area contributed by atoms with E-state index >= 15 is 0 Å². The number of aliphatic hydroxyl groups is 1. The number of rotatable bonds is 6. The van der Waals surface area contributed by atoms with Crippen LogP contribution in [-0.4, -0.2) is 49.0 Å². The summed E-state index contributed by atoms with van der Waals surface area (Å²) in [6.07, 6.45) is 6.40. The SMILES string of the molecule is COCCN(CC(C)O)C1CCCCC1. The van der Waals surface area contributed by atoms with Gasteiger partial charge in [-0.05, 0) is 19.8 Å². The average Bonchev–Trinajstić information content (AvgIpc) is 2.25. The fourth-order valence-corrected chi connectivity index (χ4v) is 2.42. The van der Waals surface area contributed by atoms with Crippen molar-refractivity contribution in [3.63, 3.8) is 0 Å². The van der Waals surface area contributed by atoms with Gasteiger partial charge in [-0.2, -0.15) is 0 Å². The Bertz CT molecular complexity index is 156. The minimum atomic E-state index is -0.233. The van der Waals surface area contributed by atoms with Crippen molar-refractivity contribution in [2.45, 2.75) is 51.2 Å². The van der Waals surface area contributed by atoms with Gasteiger partial charge in [0.1, 0.15) is 0 Å². The number of methoxy groups -OCH3 is 1. The lowest BCUT2D eigenvalue weighted by atomic mass is 9.94. The molecular weight excluding hydrogens is 190 g/mol. The molecule has 3 heteroatoms. The highest BCUT2D eigenvalue weighted by Crippen LogP contribution is 2.22. The summed E-state index contributed by atoms with van der Waals surface area (Å²) in [5.41, 5.74) is 0. The lowest BCUT2D eigenvalue weighted by molar-refractivity contribution is 0.0590. The molecule has 1 atom stereocenters. The summed E-state index contributed by atoms with van der Waals surface area (Å²) >= 11 is 0. The van der Waals surface area contributed by atoms with Gasteiger partial charge in [-0.1, -0.05) is 19.3 Å². The number of hydrogen-bond donors (Lipinski definition) is 1. The second-order valence-electron chi connectivity index (χ2n) is 4.63. The Labute approximate surface area is 93.4 Å². The number of aliphatic hydroxyl groups excluding tert-OH is 1. The Balaban J connectivity index is 2.37. The molecule has 0 amide bonds. The third-order valence-corrected chi connectivity index (χ3v) is 3.17. The van der Waals surface area contributed by atoms with Crippen molar-refractivity contribution in [2.24, 2.45) is 0 Å². The van der Waals surface area contributed by atoms with Crippen LogP contribution in [0.4, 0.5) is 0 Å². The van der Waals surface area contributed by atoms with E-state index in [1.54, 1.807) is 7.11 Å². The van der Waals surface area contributed by atoms with Crippen LogP contribution in [0.25, 0.3) is 0 Å². The Hall–Kier alpha value is -0.120. The van der Waals surface area contributed by atoms with Gasteiger partial charge in [0.15, 0.2) is 0 Å². The Morgan fingerprint density at radius 3 is 2.53 bits per heavy atom.